The molecule has 0 fully saturated rings. The number of benzene rings is 2. The minimum Gasteiger partial charge on any atom is -0.465 e. The van der Waals surface area contributed by atoms with Crippen LogP contribution in [-0.2, 0) is 9.53 Å². The van der Waals surface area contributed by atoms with Gasteiger partial charge in [-0.25, -0.2) is 9.78 Å². The fourth-order valence-corrected chi connectivity index (χ4v) is 4.10. The van der Waals surface area contributed by atoms with Crippen LogP contribution in [0.2, 0.25) is 5.02 Å². The van der Waals surface area contributed by atoms with Crippen LogP contribution in [-0.4, -0.2) is 27.4 Å². The number of para-hydroxylation sites is 1. The van der Waals surface area contributed by atoms with Crippen molar-refractivity contribution in [3.05, 3.63) is 76.2 Å². The van der Waals surface area contributed by atoms with E-state index in [1.54, 1.807) is 44.3 Å². The normalized spacial score (nSPS) is 12.1. The van der Waals surface area contributed by atoms with Gasteiger partial charge in [-0.15, -0.1) is 0 Å². The highest BCUT2D eigenvalue weighted by atomic mass is 35.5. The van der Waals surface area contributed by atoms with Crippen molar-refractivity contribution in [3.8, 4) is 16.9 Å². The minimum absolute atomic E-state index is 0.304. The summed E-state index contributed by atoms with van der Waals surface area (Å²) >= 11 is 7.29. The Hall–Kier alpha value is -3.03. The lowest BCUT2D eigenvalue weighted by Crippen LogP contribution is -2.17. The van der Waals surface area contributed by atoms with Crippen molar-refractivity contribution >= 4 is 40.3 Å². The van der Waals surface area contributed by atoms with Crippen LogP contribution in [0.1, 0.15) is 13.8 Å². The highest BCUT2D eigenvalue weighted by Crippen LogP contribution is 2.30. The Balaban J connectivity index is 1.81. The predicted octanol–water partition coefficient (Wildman–Crippen LogP) is 5.34. The van der Waals surface area contributed by atoms with Crippen LogP contribution in [0.3, 0.4) is 0 Å². The second-order valence-electron chi connectivity index (χ2n) is 6.75. The zero-order valence-corrected chi connectivity index (χ0v) is 18.4. The molecule has 0 aliphatic heterocycles. The van der Waals surface area contributed by atoms with Crippen LogP contribution in [0.15, 0.2) is 75.2 Å². The van der Waals surface area contributed by atoms with E-state index in [9.17, 15) is 9.59 Å². The number of carbonyl (C=O) groups is 1. The summed E-state index contributed by atoms with van der Waals surface area (Å²) in [5.74, 6) is -0.329. The Morgan fingerprint density at radius 1 is 1.23 bits per heavy atom. The average molecular weight is 455 g/mol. The molecule has 2 heterocycles. The highest BCUT2D eigenvalue weighted by molar-refractivity contribution is 8.00. The van der Waals surface area contributed by atoms with Crippen LogP contribution in [0, 0.1) is 0 Å². The third-order valence-electron chi connectivity index (χ3n) is 4.60. The lowest BCUT2D eigenvalue weighted by atomic mass is 10.1. The van der Waals surface area contributed by atoms with Crippen LogP contribution < -0.4 is 5.63 Å². The van der Waals surface area contributed by atoms with Gasteiger partial charge in [-0.1, -0.05) is 41.6 Å². The van der Waals surface area contributed by atoms with Gasteiger partial charge in [-0.3, -0.25) is 9.36 Å². The number of esters is 1. The molecule has 4 rings (SSSR count). The number of rotatable bonds is 6. The summed E-state index contributed by atoms with van der Waals surface area (Å²) in [4.78, 5) is 29.4. The van der Waals surface area contributed by atoms with Crippen LogP contribution in [0.5, 0.6) is 0 Å². The van der Waals surface area contributed by atoms with Gasteiger partial charge in [0, 0.05) is 22.3 Å². The molecule has 0 spiro atoms. The summed E-state index contributed by atoms with van der Waals surface area (Å²) in [5.41, 5.74) is 1.63. The van der Waals surface area contributed by atoms with E-state index in [4.69, 9.17) is 20.8 Å². The number of halogens is 1. The summed E-state index contributed by atoms with van der Waals surface area (Å²) in [6.07, 6.45) is 1.75. The lowest BCUT2D eigenvalue weighted by Gasteiger charge is -2.11. The summed E-state index contributed by atoms with van der Waals surface area (Å²) in [6.45, 7) is 3.83. The van der Waals surface area contributed by atoms with Gasteiger partial charge in [0.05, 0.1) is 17.9 Å². The molecule has 0 radical (unpaired) electrons. The van der Waals surface area contributed by atoms with E-state index < -0.39 is 10.9 Å². The maximum atomic E-state index is 12.6. The molecule has 0 bridgehead atoms. The largest absolute Gasteiger partial charge is 0.465 e. The maximum absolute atomic E-state index is 12.6. The molecule has 2 aromatic heterocycles. The number of carbonyl (C=O) groups excluding carboxylic acids is 1. The Kier molecular flexibility index (Phi) is 6.15. The monoisotopic (exact) mass is 454 g/mol. The van der Waals surface area contributed by atoms with Gasteiger partial charge >= 0.3 is 11.6 Å². The molecule has 1 atom stereocenters. The van der Waals surface area contributed by atoms with E-state index in [0.717, 1.165) is 11.1 Å². The lowest BCUT2D eigenvalue weighted by molar-refractivity contribution is -0.142. The first-order chi connectivity index (χ1) is 15.0. The van der Waals surface area contributed by atoms with Crippen molar-refractivity contribution in [1.82, 2.24) is 9.55 Å². The molecule has 8 heteroatoms. The molecule has 0 saturated heterocycles. The molecule has 158 valence electrons. The van der Waals surface area contributed by atoms with Gasteiger partial charge in [0.15, 0.2) is 5.16 Å². The van der Waals surface area contributed by atoms with E-state index in [1.165, 1.54) is 11.8 Å². The van der Waals surface area contributed by atoms with Gasteiger partial charge in [0.2, 0.25) is 0 Å². The second kappa shape index (κ2) is 8.99. The van der Waals surface area contributed by atoms with Gasteiger partial charge in [0.25, 0.3) is 0 Å². The number of hydrogen-bond acceptors (Lipinski definition) is 6. The summed E-state index contributed by atoms with van der Waals surface area (Å²) in [7, 11) is 0. The quantitative estimate of drug-likeness (QED) is 0.222. The summed E-state index contributed by atoms with van der Waals surface area (Å²) < 4.78 is 12.4. The van der Waals surface area contributed by atoms with Crippen molar-refractivity contribution in [2.24, 2.45) is 0 Å². The molecule has 0 saturated carbocycles. The van der Waals surface area contributed by atoms with Crippen LogP contribution in [0.4, 0.5) is 0 Å². The number of thioether (sulfide) groups is 1. The standard InChI is InChI=1S/C23H19ClN2O4S/c1-3-29-21(27)14(2)31-23-25-19(13-26(23)17-10-8-16(24)9-11-17)18-12-15-6-4-5-7-20(15)30-22(18)28/h4-14H,3H2,1-2H3. The van der Waals surface area contributed by atoms with Gasteiger partial charge < -0.3 is 9.15 Å². The average Bonchev–Trinajstić information content (AvgIpc) is 3.17. The summed E-state index contributed by atoms with van der Waals surface area (Å²) in [5, 5.41) is 1.47. The molecule has 1 unspecified atom stereocenters. The van der Waals surface area contributed by atoms with E-state index in [-0.39, 0.29) is 5.97 Å². The topological polar surface area (TPSA) is 74.3 Å². The van der Waals surface area contributed by atoms with Crippen LogP contribution >= 0.6 is 23.4 Å². The van der Waals surface area contributed by atoms with Crippen molar-refractivity contribution in [2.75, 3.05) is 6.61 Å². The smallest absolute Gasteiger partial charge is 0.345 e. The molecule has 6 nitrogen and oxygen atoms in total. The molecule has 31 heavy (non-hydrogen) atoms. The highest BCUT2D eigenvalue weighted by Gasteiger charge is 2.22. The number of ether oxygens (including phenoxy) is 1. The van der Waals surface area contributed by atoms with E-state index in [1.807, 2.05) is 34.9 Å². The number of nitrogens with zero attached hydrogens (tertiary/aromatic N) is 2. The van der Waals surface area contributed by atoms with E-state index in [0.29, 0.717) is 33.6 Å². The molecule has 0 aliphatic carbocycles. The van der Waals surface area contributed by atoms with E-state index in [2.05, 4.69) is 4.98 Å². The third-order valence-corrected chi connectivity index (χ3v) is 5.89. The van der Waals surface area contributed by atoms with Crippen LogP contribution in [0.25, 0.3) is 27.9 Å². The van der Waals surface area contributed by atoms with Gasteiger partial charge in [-0.05, 0) is 50.2 Å². The molecule has 0 amide bonds. The Morgan fingerprint density at radius 2 is 1.97 bits per heavy atom. The first kappa shape index (κ1) is 21.2. The Bertz CT molecular complexity index is 1300. The predicted molar refractivity (Wildman–Crippen MR) is 122 cm³/mol. The zero-order chi connectivity index (χ0) is 22.0. The fraction of sp³-hybridized carbons (Fsp3) is 0.174. The molecule has 4 aromatic rings. The van der Waals surface area contributed by atoms with Crippen molar-refractivity contribution in [3.63, 3.8) is 0 Å². The fourth-order valence-electron chi connectivity index (χ4n) is 3.07. The number of imidazole rings is 1. The molecular formula is C23H19ClN2O4S. The third kappa shape index (κ3) is 4.52. The molecule has 0 aliphatic rings. The first-order valence-corrected chi connectivity index (χ1v) is 10.9. The van der Waals surface area contributed by atoms with Crippen molar-refractivity contribution in [2.45, 2.75) is 24.3 Å². The molecule has 2 aromatic carbocycles. The van der Waals surface area contributed by atoms with Gasteiger partial charge in [-0.2, -0.15) is 0 Å². The second-order valence-corrected chi connectivity index (χ2v) is 8.50. The first-order valence-electron chi connectivity index (χ1n) is 9.68. The molecular weight excluding hydrogens is 436 g/mol. The minimum atomic E-state index is -0.478. The van der Waals surface area contributed by atoms with Crippen molar-refractivity contribution < 1.29 is 13.9 Å². The maximum Gasteiger partial charge on any atom is 0.345 e. The Labute approximate surface area is 187 Å². The zero-order valence-electron chi connectivity index (χ0n) is 16.9. The number of hydrogen-bond donors (Lipinski definition) is 0. The number of aromatic nitrogens is 2. The summed E-state index contributed by atoms with van der Waals surface area (Å²) in [6, 6.07) is 16.3. The van der Waals surface area contributed by atoms with E-state index >= 15 is 0 Å². The van der Waals surface area contributed by atoms with Crippen molar-refractivity contribution in [1.29, 1.82) is 0 Å². The SMILES string of the molecule is CCOC(=O)C(C)Sc1nc(-c2cc3ccccc3oc2=O)cn1-c1ccc(Cl)cc1. The van der Waals surface area contributed by atoms with Gasteiger partial charge in [0.1, 0.15) is 10.8 Å². The number of fused-ring (bicyclic) bond motifs is 1. The molecule has 0 N–H and O–H groups in total. The Morgan fingerprint density at radius 3 is 2.71 bits per heavy atom.